The second kappa shape index (κ2) is 7.31. The zero-order chi connectivity index (χ0) is 19.0. The molecule has 4 heterocycles. The minimum atomic E-state index is -4.76. The maximum Gasteiger partial charge on any atom is 0.418 e. The highest BCUT2D eigenvalue weighted by Gasteiger charge is 2.49. The number of carbonyl (C=O) groups excluding carboxylic acids is 1. The Bertz CT molecular complexity index is 796. The molecule has 0 aliphatic carbocycles. The SMILES string of the molecule is O=C1N(OS(=O)(=O)O)C2CC[C@@H](c3nnc(CCCNC4CNC4)o3)N1C2. The average molecular weight is 402 g/mol. The van der Waals surface area contributed by atoms with Gasteiger partial charge in [0.25, 0.3) is 0 Å². The van der Waals surface area contributed by atoms with Crippen molar-refractivity contribution in [2.75, 3.05) is 26.2 Å². The molecular weight excluding hydrogens is 380 g/mol. The summed E-state index contributed by atoms with van der Waals surface area (Å²) >= 11 is 0. The lowest BCUT2D eigenvalue weighted by atomic mass is 10.0. The van der Waals surface area contributed by atoms with Crippen molar-refractivity contribution in [3.63, 3.8) is 0 Å². The normalized spacial score (nSPS) is 25.9. The van der Waals surface area contributed by atoms with E-state index in [-0.39, 0.29) is 6.54 Å². The van der Waals surface area contributed by atoms with Crippen molar-refractivity contribution in [1.82, 2.24) is 30.8 Å². The summed E-state index contributed by atoms with van der Waals surface area (Å²) in [5.74, 6) is 0.847. The molecule has 27 heavy (non-hydrogen) atoms. The highest BCUT2D eigenvalue weighted by Crippen LogP contribution is 2.38. The van der Waals surface area contributed by atoms with E-state index < -0.39 is 28.5 Å². The van der Waals surface area contributed by atoms with Gasteiger partial charge in [-0.3, -0.25) is 4.55 Å². The van der Waals surface area contributed by atoms with Gasteiger partial charge in [0.15, 0.2) is 0 Å². The standard InChI is InChI=1S/C14H22N6O6S/c21-14-19-8-10(20(14)26-27(22,23)24)3-4-11(19)13-18-17-12(25-13)2-1-5-16-9-6-15-7-9/h9-11,15-16H,1-8H2,(H,22,23,24)/t10?,11-/m0/s1. The van der Waals surface area contributed by atoms with Crippen molar-refractivity contribution < 1.29 is 26.5 Å². The van der Waals surface area contributed by atoms with Crippen LogP contribution >= 0.6 is 0 Å². The fourth-order valence-electron chi connectivity index (χ4n) is 3.57. The number of hydroxylamine groups is 2. The number of nitrogens with one attached hydrogen (secondary N) is 2. The van der Waals surface area contributed by atoms with Crippen LogP contribution in [0.15, 0.2) is 4.42 Å². The van der Waals surface area contributed by atoms with Crippen LogP contribution in [0.5, 0.6) is 0 Å². The third-order valence-electron chi connectivity index (χ3n) is 5.05. The van der Waals surface area contributed by atoms with Crippen molar-refractivity contribution >= 4 is 16.4 Å². The van der Waals surface area contributed by atoms with Gasteiger partial charge in [0, 0.05) is 32.1 Å². The fraction of sp³-hybridized carbons (Fsp3) is 0.786. The smallest absolute Gasteiger partial charge is 0.418 e. The maximum atomic E-state index is 12.4. The Balaban J connectivity index is 1.34. The Morgan fingerprint density at radius 1 is 1.33 bits per heavy atom. The van der Waals surface area contributed by atoms with E-state index >= 15 is 0 Å². The molecule has 2 amide bonds. The number of hydrogen-bond donors (Lipinski definition) is 3. The summed E-state index contributed by atoms with van der Waals surface area (Å²) in [6.07, 6.45) is 2.55. The van der Waals surface area contributed by atoms with Gasteiger partial charge >= 0.3 is 16.4 Å². The van der Waals surface area contributed by atoms with Gasteiger partial charge in [-0.25, -0.2) is 4.79 Å². The summed E-state index contributed by atoms with van der Waals surface area (Å²) in [6.45, 7) is 3.13. The number of nitrogens with zero attached hydrogens (tertiary/aromatic N) is 4. The van der Waals surface area contributed by atoms with Gasteiger partial charge in [-0.15, -0.1) is 14.5 Å². The molecule has 3 N–H and O–H groups in total. The van der Waals surface area contributed by atoms with E-state index in [1.165, 1.54) is 4.90 Å². The van der Waals surface area contributed by atoms with E-state index in [4.69, 9.17) is 8.97 Å². The molecule has 150 valence electrons. The third kappa shape index (κ3) is 4.06. The number of urea groups is 1. The predicted octanol–water partition coefficient (Wildman–Crippen LogP) is -0.761. The summed E-state index contributed by atoms with van der Waals surface area (Å²) in [5.41, 5.74) is 0. The molecule has 3 saturated heterocycles. The van der Waals surface area contributed by atoms with E-state index in [1.807, 2.05) is 0 Å². The second-order valence-corrected chi connectivity index (χ2v) is 7.96. The Morgan fingerprint density at radius 3 is 2.85 bits per heavy atom. The van der Waals surface area contributed by atoms with Gasteiger partial charge in [-0.05, 0) is 25.8 Å². The molecule has 12 nitrogen and oxygen atoms in total. The number of rotatable bonds is 8. The summed E-state index contributed by atoms with van der Waals surface area (Å²) in [7, 11) is -4.76. The molecule has 2 bridgehead atoms. The highest BCUT2D eigenvalue weighted by molar-refractivity contribution is 7.80. The maximum absolute atomic E-state index is 12.4. The van der Waals surface area contributed by atoms with Crippen LogP contribution in [0.25, 0.3) is 0 Å². The van der Waals surface area contributed by atoms with Gasteiger partial charge in [0.2, 0.25) is 11.8 Å². The topological polar surface area (TPSA) is 150 Å². The molecule has 13 heteroatoms. The molecule has 3 fully saturated rings. The van der Waals surface area contributed by atoms with Crippen LogP contribution in [0.3, 0.4) is 0 Å². The van der Waals surface area contributed by atoms with Crippen molar-refractivity contribution in [3.05, 3.63) is 11.8 Å². The lowest BCUT2D eigenvalue weighted by Gasteiger charge is -2.28. The van der Waals surface area contributed by atoms with Crippen molar-refractivity contribution in [1.29, 1.82) is 0 Å². The van der Waals surface area contributed by atoms with E-state index in [0.717, 1.165) is 26.1 Å². The zero-order valence-corrected chi connectivity index (χ0v) is 15.4. The average Bonchev–Trinajstić information content (AvgIpc) is 3.12. The van der Waals surface area contributed by atoms with Crippen LogP contribution in [-0.2, 0) is 21.1 Å². The first-order valence-electron chi connectivity index (χ1n) is 8.94. The van der Waals surface area contributed by atoms with Crippen LogP contribution in [0.1, 0.15) is 37.1 Å². The number of carbonyl (C=O) groups is 1. The molecule has 3 aliphatic heterocycles. The molecule has 2 atom stereocenters. The minimum Gasteiger partial charge on any atom is -0.423 e. The minimum absolute atomic E-state index is 0.274. The summed E-state index contributed by atoms with van der Waals surface area (Å²) < 4.78 is 40.8. The van der Waals surface area contributed by atoms with Crippen LogP contribution in [0, 0.1) is 0 Å². The number of hydrogen-bond acceptors (Lipinski definition) is 9. The molecular formula is C14H22N6O6S. The molecule has 4 rings (SSSR count). The van der Waals surface area contributed by atoms with Crippen molar-refractivity contribution in [3.8, 4) is 0 Å². The third-order valence-corrected chi connectivity index (χ3v) is 5.40. The number of piperidine rings is 1. The van der Waals surface area contributed by atoms with Gasteiger partial charge in [-0.1, -0.05) is 0 Å². The largest absolute Gasteiger partial charge is 0.423 e. The second-order valence-electron chi connectivity index (χ2n) is 6.96. The van der Waals surface area contributed by atoms with Crippen LogP contribution in [0.2, 0.25) is 0 Å². The molecule has 0 saturated carbocycles. The lowest BCUT2D eigenvalue weighted by molar-refractivity contribution is -0.0317. The Hall–Kier alpha value is -1.80. The Morgan fingerprint density at radius 2 is 2.15 bits per heavy atom. The highest BCUT2D eigenvalue weighted by atomic mass is 32.3. The molecule has 0 spiro atoms. The van der Waals surface area contributed by atoms with Gasteiger partial charge in [-0.2, -0.15) is 13.5 Å². The van der Waals surface area contributed by atoms with Gasteiger partial charge in [0.05, 0.1) is 6.04 Å². The first-order chi connectivity index (χ1) is 12.9. The molecule has 1 aromatic rings. The van der Waals surface area contributed by atoms with Crippen LogP contribution in [0.4, 0.5) is 4.79 Å². The number of aryl methyl sites for hydroxylation is 1. The van der Waals surface area contributed by atoms with Crippen molar-refractivity contribution in [2.24, 2.45) is 0 Å². The zero-order valence-electron chi connectivity index (χ0n) is 14.6. The van der Waals surface area contributed by atoms with Crippen molar-refractivity contribution in [2.45, 2.75) is 43.8 Å². The van der Waals surface area contributed by atoms with E-state index in [2.05, 4.69) is 25.1 Å². The quantitative estimate of drug-likeness (QED) is 0.374. The molecule has 1 unspecified atom stereocenters. The summed E-state index contributed by atoms with van der Waals surface area (Å²) in [5, 5.41) is 15.4. The van der Waals surface area contributed by atoms with E-state index in [9.17, 15) is 13.2 Å². The number of aromatic nitrogens is 2. The lowest BCUT2D eigenvalue weighted by Crippen LogP contribution is -2.55. The fourth-order valence-corrected chi connectivity index (χ4v) is 3.96. The summed E-state index contributed by atoms with van der Waals surface area (Å²) in [6, 6.07) is -0.972. The predicted molar refractivity (Wildman–Crippen MR) is 89.6 cm³/mol. The molecule has 3 aliphatic rings. The van der Waals surface area contributed by atoms with Crippen LogP contribution < -0.4 is 10.6 Å². The Kier molecular flexibility index (Phi) is 5.03. The van der Waals surface area contributed by atoms with Crippen LogP contribution in [-0.4, -0.2) is 77.4 Å². The molecule has 0 radical (unpaired) electrons. The number of amides is 2. The van der Waals surface area contributed by atoms with Gasteiger partial charge < -0.3 is 20.0 Å². The molecule has 0 aromatic carbocycles. The summed E-state index contributed by atoms with van der Waals surface area (Å²) in [4.78, 5) is 13.8. The Labute approximate surface area is 156 Å². The molecule has 1 aromatic heterocycles. The monoisotopic (exact) mass is 402 g/mol. The first kappa shape index (κ1) is 18.6. The van der Waals surface area contributed by atoms with E-state index in [0.29, 0.717) is 42.1 Å². The van der Waals surface area contributed by atoms with E-state index in [1.54, 1.807) is 0 Å². The van der Waals surface area contributed by atoms with Gasteiger partial charge in [0.1, 0.15) is 6.04 Å². The number of fused-ring (bicyclic) bond motifs is 2. The first-order valence-corrected chi connectivity index (χ1v) is 10.3.